The number of anilines is 1. The highest BCUT2D eigenvalue weighted by Gasteiger charge is 2.17. The van der Waals surface area contributed by atoms with Crippen molar-refractivity contribution in [3.8, 4) is 5.75 Å². The third-order valence-corrected chi connectivity index (χ3v) is 5.08. The van der Waals surface area contributed by atoms with Crippen molar-refractivity contribution in [2.45, 2.75) is 39.0 Å². The molecule has 0 bridgehead atoms. The maximum absolute atomic E-state index is 6.10. The van der Waals surface area contributed by atoms with Gasteiger partial charge in [0.2, 0.25) is 0 Å². The molecule has 1 aliphatic rings. The van der Waals surface area contributed by atoms with Crippen molar-refractivity contribution in [1.82, 2.24) is 15.6 Å². The summed E-state index contributed by atoms with van der Waals surface area (Å²) in [6.07, 6.45) is 4.19. The predicted octanol–water partition coefficient (Wildman–Crippen LogP) is 2.88. The Morgan fingerprint density at radius 3 is 2.73 bits per heavy atom. The van der Waals surface area contributed by atoms with Gasteiger partial charge in [-0.1, -0.05) is 18.2 Å². The molecule has 1 aromatic carbocycles. The lowest BCUT2D eigenvalue weighted by Crippen LogP contribution is -2.36. The van der Waals surface area contributed by atoms with E-state index in [0.29, 0.717) is 19.7 Å². The minimum Gasteiger partial charge on any atom is -0.491 e. The molecule has 0 amide bonds. The SMILES string of the molecule is CN=C(NCc1ccc(C)cc1OCC1CCCO1)NCc1cccnc1N(C)C. The molecule has 1 atom stereocenters. The maximum Gasteiger partial charge on any atom is 0.191 e. The summed E-state index contributed by atoms with van der Waals surface area (Å²) in [6.45, 7) is 4.76. The Morgan fingerprint density at radius 1 is 1.23 bits per heavy atom. The molecule has 2 aromatic rings. The second kappa shape index (κ2) is 10.8. The minimum absolute atomic E-state index is 0.200. The van der Waals surface area contributed by atoms with Gasteiger partial charge in [0.1, 0.15) is 18.2 Å². The van der Waals surface area contributed by atoms with Gasteiger partial charge in [0.05, 0.1) is 6.10 Å². The topological polar surface area (TPSA) is 71.0 Å². The molecule has 0 spiro atoms. The van der Waals surface area contributed by atoms with Crippen molar-refractivity contribution >= 4 is 11.8 Å². The van der Waals surface area contributed by atoms with Crippen LogP contribution in [0.15, 0.2) is 41.5 Å². The quantitative estimate of drug-likeness (QED) is 0.514. The molecule has 1 fully saturated rings. The maximum atomic E-state index is 6.10. The Labute approximate surface area is 179 Å². The normalized spacial score (nSPS) is 16.4. The second-order valence-electron chi connectivity index (χ2n) is 7.72. The van der Waals surface area contributed by atoms with Gasteiger partial charge in [-0.05, 0) is 37.5 Å². The van der Waals surface area contributed by atoms with E-state index in [9.17, 15) is 0 Å². The molecule has 1 saturated heterocycles. The van der Waals surface area contributed by atoms with Crippen molar-refractivity contribution in [3.63, 3.8) is 0 Å². The fourth-order valence-electron chi connectivity index (χ4n) is 3.45. The molecule has 1 aromatic heterocycles. The average molecular weight is 412 g/mol. The highest BCUT2D eigenvalue weighted by atomic mass is 16.5. The third kappa shape index (κ3) is 6.10. The lowest BCUT2D eigenvalue weighted by Gasteiger charge is -2.18. The molecular weight excluding hydrogens is 378 g/mol. The van der Waals surface area contributed by atoms with E-state index in [1.165, 1.54) is 5.56 Å². The van der Waals surface area contributed by atoms with Crippen LogP contribution in [0.1, 0.15) is 29.5 Å². The van der Waals surface area contributed by atoms with Gasteiger partial charge in [0, 0.05) is 58.2 Å². The van der Waals surface area contributed by atoms with E-state index in [0.717, 1.165) is 48.1 Å². The van der Waals surface area contributed by atoms with E-state index in [2.05, 4.69) is 51.8 Å². The van der Waals surface area contributed by atoms with Crippen LogP contribution in [0.25, 0.3) is 0 Å². The number of hydrogen-bond acceptors (Lipinski definition) is 5. The summed E-state index contributed by atoms with van der Waals surface area (Å²) < 4.78 is 11.8. The molecule has 0 saturated carbocycles. The lowest BCUT2D eigenvalue weighted by atomic mass is 10.1. The summed E-state index contributed by atoms with van der Waals surface area (Å²) >= 11 is 0. The number of guanidine groups is 1. The minimum atomic E-state index is 0.200. The average Bonchev–Trinajstić information content (AvgIpc) is 3.27. The molecule has 7 nitrogen and oxygen atoms in total. The van der Waals surface area contributed by atoms with Gasteiger partial charge in [-0.3, -0.25) is 4.99 Å². The number of benzene rings is 1. The van der Waals surface area contributed by atoms with Gasteiger partial charge >= 0.3 is 0 Å². The number of aliphatic imine (C=N–C) groups is 1. The molecule has 2 N–H and O–H groups in total. The molecule has 2 heterocycles. The van der Waals surface area contributed by atoms with Crippen LogP contribution < -0.4 is 20.3 Å². The van der Waals surface area contributed by atoms with Crippen LogP contribution in [0.5, 0.6) is 5.75 Å². The molecule has 0 aliphatic carbocycles. The van der Waals surface area contributed by atoms with Crippen molar-refractivity contribution < 1.29 is 9.47 Å². The molecule has 1 aliphatic heterocycles. The number of nitrogens with zero attached hydrogens (tertiary/aromatic N) is 3. The summed E-state index contributed by atoms with van der Waals surface area (Å²) in [5.74, 6) is 2.58. The number of pyridine rings is 1. The Hall–Kier alpha value is -2.80. The number of hydrogen-bond donors (Lipinski definition) is 2. The van der Waals surface area contributed by atoms with Crippen LogP contribution in [0.4, 0.5) is 5.82 Å². The Balaban J connectivity index is 1.58. The van der Waals surface area contributed by atoms with E-state index in [-0.39, 0.29) is 6.10 Å². The zero-order chi connectivity index (χ0) is 21.3. The third-order valence-electron chi connectivity index (χ3n) is 5.08. The molecule has 30 heavy (non-hydrogen) atoms. The zero-order valence-electron chi connectivity index (χ0n) is 18.4. The summed E-state index contributed by atoms with van der Waals surface area (Å²) in [6, 6.07) is 10.3. The molecule has 3 rings (SSSR count). The first-order valence-electron chi connectivity index (χ1n) is 10.5. The molecular formula is C23H33N5O2. The van der Waals surface area contributed by atoms with Crippen LogP contribution in [-0.4, -0.2) is 51.4 Å². The fourth-order valence-corrected chi connectivity index (χ4v) is 3.45. The molecule has 162 valence electrons. The van der Waals surface area contributed by atoms with Gasteiger partial charge < -0.3 is 25.0 Å². The molecule has 1 unspecified atom stereocenters. The van der Waals surface area contributed by atoms with E-state index >= 15 is 0 Å². The highest BCUT2D eigenvalue weighted by Crippen LogP contribution is 2.22. The first kappa shape index (κ1) is 21.9. The van der Waals surface area contributed by atoms with E-state index in [1.807, 2.05) is 25.1 Å². The van der Waals surface area contributed by atoms with Gasteiger partial charge in [0.25, 0.3) is 0 Å². The Morgan fingerprint density at radius 2 is 2.03 bits per heavy atom. The van der Waals surface area contributed by atoms with Crippen molar-refractivity contribution in [1.29, 1.82) is 0 Å². The molecule has 0 radical (unpaired) electrons. The van der Waals surface area contributed by atoms with Crippen molar-refractivity contribution in [2.24, 2.45) is 4.99 Å². The first-order valence-corrected chi connectivity index (χ1v) is 10.5. The van der Waals surface area contributed by atoms with Crippen molar-refractivity contribution in [2.75, 3.05) is 39.3 Å². The summed E-state index contributed by atoms with van der Waals surface area (Å²) in [5.41, 5.74) is 3.38. The Bertz CT molecular complexity index is 847. The van der Waals surface area contributed by atoms with Crippen LogP contribution in [-0.2, 0) is 17.8 Å². The number of ether oxygens (including phenoxy) is 2. The van der Waals surface area contributed by atoms with Gasteiger partial charge in [0.15, 0.2) is 5.96 Å². The lowest BCUT2D eigenvalue weighted by molar-refractivity contribution is 0.0676. The highest BCUT2D eigenvalue weighted by molar-refractivity contribution is 5.79. The largest absolute Gasteiger partial charge is 0.491 e. The monoisotopic (exact) mass is 411 g/mol. The molecule has 7 heteroatoms. The number of aromatic nitrogens is 1. The van der Waals surface area contributed by atoms with Gasteiger partial charge in [-0.15, -0.1) is 0 Å². The van der Waals surface area contributed by atoms with Crippen LogP contribution in [0.2, 0.25) is 0 Å². The fraction of sp³-hybridized carbons (Fsp3) is 0.478. The van der Waals surface area contributed by atoms with Gasteiger partial charge in [-0.25, -0.2) is 4.98 Å². The number of nitrogens with one attached hydrogen (secondary N) is 2. The first-order chi connectivity index (χ1) is 14.6. The summed E-state index contributed by atoms with van der Waals surface area (Å²) in [4.78, 5) is 10.8. The van der Waals surface area contributed by atoms with E-state index in [1.54, 1.807) is 13.2 Å². The summed E-state index contributed by atoms with van der Waals surface area (Å²) in [5, 5.41) is 6.76. The van der Waals surface area contributed by atoms with E-state index < -0.39 is 0 Å². The second-order valence-corrected chi connectivity index (χ2v) is 7.72. The predicted molar refractivity (Wildman–Crippen MR) is 121 cm³/mol. The zero-order valence-corrected chi connectivity index (χ0v) is 18.4. The Kier molecular flexibility index (Phi) is 7.90. The number of aryl methyl sites for hydroxylation is 1. The smallest absolute Gasteiger partial charge is 0.191 e. The van der Waals surface area contributed by atoms with Crippen LogP contribution >= 0.6 is 0 Å². The number of rotatable bonds is 8. The summed E-state index contributed by atoms with van der Waals surface area (Å²) in [7, 11) is 5.76. The van der Waals surface area contributed by atoms with Crippen molar-refractivity contribution in [3.05, 3.63) is 53.2 Å². The van der Waals surface area contributed by atoms with E-state index in [4.69, 9.17) is 9.47 Å². The van der Waals surface area contributed by atoms with Crippen LogP contribution in [0.3, 0.4) is 0 Å². The van der Waals surface area contributed by atoms with Gasteiger partial charge in [-0.2, -0.15) is 0 Å². The van der Waals surface area contributed by atoms with Crippen LogP contribution in [0, 0.1) is 6.92 Å². The standard InChI is InChI=1S/C23H33N5O2/c1-17-9-10-18(21(13-17)30-16-20-8-6-12-29-20)14-26-23(24-2)27-15-19-7-5-11-25-22(19)28(3)4/h5,7,9-11,13,20H,6,8,12,14-16H2,1-4H3,(H2,24,26,27).